The second kappa shape index (κ2) is 5.36. The molecular weight excluding hydrogens is 222 g/mol. The lowest BCUT2D eigenvalue weighted by atomic mass is 10.0. The first-order valence-electron chi connectivity index (χ1n) is 6.39. The van der Waals surface area contributed by atoms with Crippen LogP contribution in [0.4, 0.5) is 0 Å². The van der Waals surface area contributed by atoms with Crippen molar-refractivity contribution in [2.45, 2.75) is 33.4 Å². The van der Waals surface area contributed by atoms with E-state index in [2.05, 4.69) is 55.5 Å². The van der Waals surface area contributed by atoms with Crippen LogP contribution in [0.25, 0.3) is 11.3 Å². The van der Waals surface area contributed by atoms with Crippen LogP contribution in [0.3, 0.4) is 0 Å². The van der Waals surface area contributed by atoms with Crippen LogP contribution < -0.4 is 5.32 Å². The van der Waals surface area contributed by atoms with Crippen molar-refractivity contribution in [3.63, 3.8) is 0 Å². The third-order valence-corrected chi connectivity index (χ3v) is 3.11. The molecule has 0 bridgehead atoms. The van der Waals surface area contributed by atoms with Crippen LogP contribution in [-0.4, -0.2) is 15.8 Å². The minimum Gasteiger partial charge on any atom is -0.310 e. The largest absolute Gasteiger partial charge is 0.310 e. The molecule has 2 aromatic rings. The summed E-state index contributed by atoms with van der Waals surface area (Å²) in [6.45, 7) is 7.37. The highest BCUT2D eigenvalue weighted by molar-refractivity contribution is 5.64. The standard InChI is InChI=1S/C15H21N3/c1-11(2)16-10-13-6-5-12(3)14(9-13)15-7-8-17-18(15)4/h5-9,11,16H,10H2,1-4H3. The highest BCUT2D eigenvalue weighted by Crippen LogP contribution is 2.23. The van der Waals surface area contributed by atoms with Crippen molar-refractivity contribution in [1.82, 2.24) is 15.1 Å². The van der Waals surface area contributed by atoms with E-state index in [9.17, 15) is 0 Å². The van der Waals surface area contributed by atoms with Gasteiger partial charge in [0.05, 0.1) is 5.69 Å². The molecule has 1 N–H and O–H groups in total. The molecule has 1 aromatic carbocycles. The first-order valence-corrected chi connectivity index (χ1v) is 6.39. The Bertz CT molecular complexity index is 526. The van der Waals surface area contributed by atoms with Crippen molar-refractivity contribution >= 4 is 0 Å². The lowest BCUT2D eigenvalue weighted by molar-refractivity contribution is 0.589. The van der Waals surface area contributed by atoms with Gasteiger partial charge in [0.25, 0.3) is 0 Å². The molecule has 18 heavy (non-hydrogen) atoms. The monoisotopic (exact) mass is 243 g/mol. The predicted molar refractivity (Wildman–Crippen MR) is 75.4 cm³/mol. The fraction of sp³-hybridized carbons (Fsp3) is 0.400. The summed E-state index contributed by atoms with van der Waals surface area (Å²) >= 11 is 0. The fourth-order valence-electron chi connectivity index (χ4n) is 2.02. The Hall–Kier alpha value is -1.61. The van der Waals surface area contributed by atoms with Gasteiger partial charge in [-0.15, -0.1) is 0 Å². The van der Waals surface area contributed by atoms with Crippen LogP contribution in [0.1, 0.15) is 25.0 Å². The minimum atomic E-state index is 0.506. The summed E-state index contributed by atoms with van der Waals surface area (Å²) in [6.07, 6.45) is 1.84. The number of rotatable bonds is 4. The molecule has 1 aromatic heterocycles. The van der Waals surface area contributed by atoms with Crippen molar-refractivity contribution in [2.75, 3.05) is 0 Å². The minimum absolute atomic E-state index is 0.506. The Labute approximate surface area is 109 Å². The van der Waals surface area contributed by atoms with Crippen LogP contribution in [0.5, 0.6) is 0 Å². The molecule has 0 saturated carbocycles. The van der Waals surface area contributed by atoms with Crippen molar-refractivity contribution in [3.05, 3.63) is 41.6 Å². The van der Waals surface area contributed by atoms with Gasteiger partial charge in [-0.3, -0.25) is 4.68 Å². The molecule has 96 valence electrons. The molecule has 0 amide bonds. The molecule has 0 fully saturated rings. The number of aromatic nitrogens is 2. The molecule has 0 unspecified atom stereocenters. The van der Waals surface area contributed by atoms with E-state index in [1.807, 2.05) is 17.9 Å². The fourth-order valence-corrected chi connectivity index (χ4v) is 2.02. The van der Waals surface area contributed by atoms with E-state index >= 15 is 0 Å². The maximum atomic E-state index is 4.24. The van der Waals surface area contributed by atoms with Gasteiger partial charge in [-0.05, 0) is 30.2 Å². The highest BCUT2D eigenvalue weighted by Gasteiger charge is 2.07. The van der Waals surface area contributed by atoms with E-state index in [1.165, 1.54) is 22.4 Å². The molecule has 3 heteroatoms. The summed E-state index contributed by atoms with van der Waals surface area (Å²) in [5, 5.41) is 7.68. The summed E-state index contributed by atoms with van der Waals surface area (Å²) in [7, 11) is 1.98. The van der Waals surface area contributed by atoms with Gasteiger partial charge in [0, 0.05) is 31.4 Å². The van der Waals surface area contributed by atoms with E-state index in [0.717, 1.165) is 6.54 Å². The Balaban J connectivity index is 2.30. The summed E-state index contributed by atoms with van der Waals surface area (Å²) in [4.78, 5) is 0. The van der Waals surface area contributed by atoms with Gasteiger partial charge in [0.2, 0.25) is 0 Å². The molecule has 2 rings (SSSR count). The number of nitrogens with zero attached hydrogens (tertiary/aromatic N) is 2. The van der Waals surface area contributed by atoms with Crippen LogP contribution >= 0.6 is 0 Å². The molecule has 3 nitrogen and oxygen atoms in total. The maximum Gasteiger partial charge on any atom is 0.0681 e. The Morgan fingerprint density at radius 3 is 2.67 bits per heavy atom. The number of hydrogen-bond acceptors (Lipinski definition) is 2. The summed E-state index contributed by atoms with van der Waals surface area (Å²) in [5.41, 5.74) is 5.02. The number of nitrogens with one attached hydrogen (secondary N) is 1. The zero-order chi connectivity index (χ0) is 13.1. The zero-order valence-corrected chi connectivity index (χ0v) is 11.6. The van der Waals surface area contributed by atoms with Crippen molar-refractivity contribution in [2.24, 2.45) is 7.05 Å². The SMILES string of the molecule is Cc1ccc(CNC(C)C)cc1-c1ccnn1C. The van der Waals surface area contributed by atoms with Crippen LogP contribution in [0, 0.1) is 6.92 Å². The van der Waals surface area contributed by atoms with E-state index < -0.39 is 0 Å². The van der Waals surface area contributed by atoms with Crippen molar-refractivity contribution in [1.29, 1.82) is 0 Å². The normalized spacial score (nSPS) is 11.2. The molecule has 1 heterocycles. The molecule has 0 spiro atoms. The first-order chi connectivity index (χ1) is 8.58. The van der Waals surface area contributed by atoms with Gasteiger partial charge in [-0.25, -0.2) is 0 Å². The van der Waals surface area contributed by atoms with Gasteiger partial charge in [-0.2, -0.15) is 5.10 Å². The third kappa shape index (κ3) is 2.79. The topological polar surface area (TPSA) is 29.9 Å². The Morgan fingerprint density at radius 2 is 2.06 bits per heavy atom. The zero-order valence-electron chi connectivity index (χ0n) is 11.6. The van der Waals surface area contributed by atoms with E-state index in [0.29, 0.717) is 6.04 Å². The average molecular weight is 243 g/mol. The molecule has 0 aliphatic rings. The second-order valence-electron chi connectivity index (χ2n) is 5.02. The average Bonchev–Trinajstić information content (AvgIpc) is 2.74. The quantitative estimate of drug-likeness (QED) is 0.895. The van der Waals surface area contributed by atoms with Gasteiger partial charge in [-0.1, -0.05) is 26.0 Å². The lowest BCUT2D eigenvalue weighted by Gasteiger charge is -2.12. The number of benzene rings is 1. The molecule has 0 saturated heterocycles. The summed E-state index contributed by atoms with van der Waals surface area (Å²) in [5.74, 6) is 0. The van der Waals surface area contributed by atoms with Crippen molar-refractivity contribution in [3.8, 4) is 11.3 Å². The first kappa shape index (κ1) is 12.8. The maximum absolute atomic E-state index is 4.24. The van der Waals surface area contributed by atoms with Crippen LogP contribution in [-0.2, 0) is 13.6 Å². The smallest absolute Gasteiger partial charge is 0.0681 e. The van der Waals surface area contributed by atoms with Crippen molar-refractivity contribution < 1.29 is 0 Å². The summed E-state index contributed by atoms with van der Waals surface area (Å²) in [6, 6.07) is 9.18. The predicted octanol–water partition coefficient (Wildman–Crippen LogP) is 2.89. The Kier molecular flexibility index (Phi) is 3.82. The van der Waals surface area contributed by atoms with Crippen LogP contribution in [0.2, 0.25) is 0 Å². The van der Waals surface area contributed by atoms with Crippen LogP contribution in [0.15, 0.2) is 30.5 Å². The molecule has 0 radical (unpaired) electrons. The highest BCUT2D eigenvalue weighted by atomic mass is 15.3. The summed E-state index contributed by atoms with van der Waals surface area (Å²) < 4.78 is 1.92. The lowest BCUT2D eigenvalue weighted by Crippen LogP contribution is -2.21. The van der Waals surface area contributed by atoms with E-state index in [1.54, 1.807) is 0 Å². The second-order valence-corrected chi connectivity index (χ2v) is 5.02. The molecule has 0 atom stereocenters. The molecular formula is C15H21N3. The number of hydrogen-bond donors (Lipinski definition) is 1. The van der Waals surface area contributed by atoms with E-state index in [4.69, 9.17) is 0 Å². The van der Waals surface area contributed by atoms with Gasteiger partial charge < -0.3 is 5.32 Å². The van der Waals surface area contributed by atoms with Gasteiger partial charge >= 0.3 is 0 Å². The van der Waals surface area contributed by atoms with Gasteiger partial charge in [0.15, 0.2) is 0 Å². The van der Waals surface area contributed by atoms with E-state index in [-0.39, 0.29) is 0 Å². The third-order valence-electron chi connectivity index (χ3n) is 3.11. The molecule has 0 aliphatic heterocycles. The van der Waals surface area contributed by atoms with Gasteiger partial charge in [0.1, 0.15) is 0 Å². The Morgan fingerprint density at radius 1 is 1.28 bits per heavy atom. The molecule has 0 aliphatic carbocycles. The number of aryl methyl sites for hydroxylation is 2.